The van der Waals surface area contributed by atoms with E-state index < -0.39 is 23.7 Å². The molecule has 1 aliphatic carbocycles. The predicted molar refractivity (Wildman–Crippen MR) is 23.4 cm³/mol. The number of hydrogen-bond acceptors (Lipinski definition) is 0. The molecule has 0 saturated heterocycles. The van der Waals surface area contributed by atoms with Crippen molar-refractivity contribution in [2.24, 2.45) is 0 Å². The second-order valence-electron chi connectivity index (χ2n) is 2.30. The van der Waals surface area contributed by atoms with Gasteiger partial charge in [-0.3, -0.25) is 0 Å². The van der Waals surface area contributed by atoms with E-state index in [2.05, 4.69) is 0 Å². The van der Waals surface area contributed by atoms with E-state index >= 15 is 0 Å². The van der Waals surface area contributed by atoms with Crippen molar-refractivity contribution in [3.05, 3.63) is 0 Å². The van der Waals surface area contributed by atoms with Gasteiger partial charge in [-0.25, -0.2) is 0 Å². The summed E-state index contributed by atoms with van der Waals surface area (Å²) < 4.78 is 92.9. The highest BCUT2D eigenvalue weighted by molar-refractivity contribution is 5.22. The van der Waals surface area contributed by atoms with Crippen LogP contribution >= 0.6 is 0 Å². The van der Waals surface area contributed by atoms with Crippen LogP contribution in [0.4, 0.5) is 35.1 Å². The zero-order valence-corrected chi connectivity index (χ0v) is 5.52. The summed E-state index contributed by atoms with van der Waals surface area (Å²) in [6, 6.07) is 0. The molecule has 0 radical (unpaired) electrons. The minimum Gasteiger partial charge on any atom is -0.412 e. The zero-order valence-electron chi connectivity index (χ0n) is 5.52. The maximum atomic E-state index is 11.6. The fourth-order valence-electron chi connectivity index (χ4n) is 0.726. The number of hydrogen-bond donors (Lipinski definition) is 0. The lowest BCUT2D eigenvalue weighted by Crippen LogP contribution is -2.82. The van der Waals surface area contributed by atoms with Crippen molar-refractivity contribution >= 4 is 0 Å². The van der Waals surface area contributed by atoms with Gasteiger partial charge in [-0.2, -0.15) is 35.1 Å². The highest BCUT2D eigenvalue weighted by Crippen LogP contribution is 2.69. The van der Waals surface area contributed by atoms with E-state index in [0.29, 0.717) is 0 Å². The summed E-state index contributed by atoms with van der Waals surface area (Å²) in [6.07, 6.45) is 0. The summed E-state index contributed by atoms with van der Waals surface area (Å²) in [6.45, 7) is 0. The Morgan fingerprint density at radius 2 is 0.462 bits per heavy atom. The van der Waals surface area contributed by atoms with Gasteiger partial charge in [-0.05, 0) is 0 Å². The summed E-state index contributed by atoms with van der Waals surface area (Å²) in [7, 11) is 0. The van der Waals surface area contributed by atoms with Gasteiger partial charge in [-0.15, -0.1) is 0 Å². The summed E-state index contributed by atoms with van der Waals surface area (Å²) in [5, 5.41) is 0. The third-order valence-electron chi connectivity index (χ3n) is 1.58. The van der Waals surface area contributed by atoms with Crippen LogP contribution < -0.4 is 0 Å². The van der Waals surface area contributed by atoms with Crippen LogP contribution in [0.25, 0.3) is 0 Å². The van der Waals surface area contributed by atoms with Gasteiger partial charge in [0.15, 0.2) is 0 Å². The number of alkyl halides is 8. The minimum atomic E-state index is -5.97. The van der Waals surface area contributed by atoms with Gasteiger partial charge in [-0.1, -0.05) is 0 Å². The summed E-state index contributed by atoms with van der Waals surface area (Å²) in [4.78, 5) is 0. The van der Waals surface area contributed by atoms with Crippen molar-refractivity contribution in [3.63, 3.8) is 0 Å². The average Bonchev–Trinajstić information content (AvgIpc) is 1.84. The molecule has 1 fully saturated rings. The van der Waals surface area contributed by atoms with Gasteiger partial charge < -0.3 is 5.48 Å². The lowest BCUT2D eigenvalue weighted by molar-refractivity contribution is -0.506. The molecule has 80 valence electrons. The maximum Gasteiger partial charge on any atom is 0.385 e. The molecule has 0 bridgehead atoms. The fourth-order valence-corrected chi connectivity index (χ4v) is 0.726. The van der Waals surface area contributed by atoms with Crippen LogP contribution in [0.15, 0.2) is 0 Å². The van der Waals surface area contributed by atoms with E-state index in [1.54, 1.807) is 0 Å². The van der Waals surface area contributed by atoms with Crippen molar-refractivity contribution in [2.75, 3.05) is 0 Å². The molecule has 0 aromatic rings. The Kier molecular flexibility index (Phi) is 2.15. The molecule has 0 aromatic carbocycles. The molecule has 0 amide bonds. The van der Waals surface area contributed by atoms with Crippen LogP contribution in [0.1, 0.15) is 0 Å². The van der Waals surface area contributed by atoms with Gasteiger partial charge >= 0.3 is 23.7 Å². The van der Waals surface area contributed by atoms with Gasteiger partial charge in [0.1, 0.15) is 0 Å². The average molecular weight is 218 g/mol. The van der Waals surface area contributed by atoms with Crippen molar-refractivity contribution in [1.29, 1.82) is 0 Å². The topological polar surface area (TPSA) is 31.5 Å². The number of halogens is 8. The molecule has 9 heteroatoms. The van der Waals surface area contributed by atoms with Crippen LogP contribution in [0, 0.1) is 0 Å². The smallest absolute Gasteiger partial charge is 0.385 e. The molecule has 0 spiro atoms. The lowest BCUT2D eigenvalue weighted by atomic mass is 9.80. The Labute approximate surface area is 65.6 Å². The maximum absolute atomic E-state index is 11.6. The first kappa shape index (κ1) is 12.4. The van der Waals surface area contributed by atoms with Crippen LogP contribution in [-0.4, -0.2) is 29.2 Å². The van der Waals surface area contributed by atoms with E-state index in [1.165, 1.54) is 0 Å². The van der Waals surface area contributed by atoms with E-state index in [9.17, 15) is 35.1 Å². The van der Waals surface area contributed by atoms with Gasteiger partial charge in [0.25, 0.3) is 0 Å². The Hall–Kier alpha value is -0.600. The Balaban J connectivity index is 0.00000144. The zero-order chi connectivity index (χ0) is 10.0. The molecule has 1 aliphatic rings. The highest BCUT2D eigenvalue weighted by atomic mass is 19.4. The van der Waals surface area contributed by atoms with E-state index in [1.807, 2.05) is 0 Å². The molecule has 0 heterocycles. The van der Waals surface area contributed by atoms with Crippen molar-refractivity contribution in [3.8, 4) is 0 Å². The monoisotopic (exact) mass is 218 g/mol. The van der Waals surface area contributed by atoms with Gasteiger partial charge in [0, 0.05) is 0 Å². The van der Waals surface area contributed by atoms with Crippen molar-refractivity contribution in [1.82, 2.24) is 0 Å². The summed E-state index contributed by atoms with van der Waals surface area (Å²) >= 11 is 0. The second kappa shape index (κ2) is 2.25. The molecule has 1 saturated carbocycles. The second-order valence-corrected chi connectivity index (χ2v) is 2.30. The number of rotatable bonds is 0. The molecular weight excluding hydrogens is 216 g/mol. The minimum absolute atomic E-state index is 0. The molecule has 0 unspecified atom stereocenters. The van der Waals surface area contributed by atoms with Gasteiger partial charge in [0.2, 0.25) is 0 Å². The molecule has 0 aromatic heterocycles. The third-order valence-corrected chi connectivity index (χ3v) is 1.58. The first-order chi connectivity index (χ1) is 5.00. The van der Waals surface area contributed by atoms with E-state index in [0.717, 1.165) is 0 Å². The lowest BCUT2D eigenvalue weighted by Gasteiger charge is -2.49. The van der Waals surface area contributed by atoms with Crippen molar-refractivity contribution < 1.29 is 40.6 Å². The first-order valence-electron chi connectivity index (χ1n) is 2.51. The van der Waals surface area contributed by atoms with E-state index in [4.69, 9.17) is 0 Å². The standard InChI is InChI=1S/C4F8.H2O/c5-1(6)2(7,8)4(11,12)3(1,9)10;/h;1H2. The van der Waals surface area contributed by atoms with Crippen molar-refractivity contribution in [2.45, 2.75) is 23.7 Å². The Bertz CT molecular complexity index is 156. The normalized spacial score (nSPS) is 31.4. The van der Waals surface area contributed by atoms with Gasteiger partial charge in [0.05, 0.1) is 0 Å². The third kappa shape index (κ3) is 0.804. The fraction of sp³-hybridized carbons (Fsp3) is 1.00. The molecule has 1 rings (SSSR count). The van der Waals surface area contributed by atoms with Crippen LogP contribution in [-0.2, 0) is 0 Å². The Morgan fingerprint density at radius 3 is 0.538 bits per heavy atom. The van der Waals surface area contributed by atoms with Crippen LogP contribution in [0.3, 0.4) is 0 Å². The molecule has 0 atom stereocenters. The molecule has 1 nitrogen and oxygen atoms in total. The SMILES string of the molecule is FC1(F)C(F)(F)C(F)(F)C1(F)F.O. The Morgan fingerprint density at radius 1 is 0.385 bits per heavy atom. The summed E-state index contributed by atoms with van der Waals surface area (Å²) in [5.74, 6) is -23.9. The molecule has 2 N–H and O–H groups in total. The first-order valence-corrected chi connectivity index (χ1v) is 2.51. The highest BCUT2D eigenvalue weighted by Gasteiger charge is 3.01. The van der Waals surface area contributed by atoms with Crippen LogP contribution in [0.5, 0.6) is 0 Å². The predicted octanol–water partition coefficient (Wildman–Crippen LogP) is 1.72. The molecular formula is C4H2F8O. The van der Waals surface area contributed by atoms with Crippen LogP contribution in [0.2, 0.25) is 0 Å². The quantitative estimate of drug-likeness (QED) is 0.554. The largest absolute Gasteiger partial charge is 0.412 e. The molecule has 13 heavy (non-hydrogen) atoms. The molecule has 0 aliphatic heterocycles. The summed E-state index contributed by atoms with van der Waals surface area (Å²) in [5.41, 5.74) is 0. The van der Waals surface area contributed by atoms with E-state index in [-0.39, 0.29) is 5.48 Å².